The number of carbonyl (C=O) groups excluding carboxylic acids is 3. The molecule has 6 nitrogen and oxygen atoms in total. The third-order valence-corrected chi connectivity index (χ3v) is 2.76. The number of carbonyl (C=O) groups is 3. The van der Waals surface area contributed by atoms with Gasteiger partial charge in [0.2, 0.25) is 11.8 Å². The lowest BCUT2D eigenvalue weighted by atomic mass is 9.98. The number of esters is 1. The Morgan fingerprint density at radius 3 is 2.53 bits per heavy atom. The van der Waals surface area contributed by atoms with Gasteiger partial charge in [0.05, 0.1) is 5.92 Å². The molecule has 1 aliphatic rings. The zero-order valence-electron chi connectivity index (χ0n) is 11.9. The molecule has 0 saturated carbocycles. The van der Waals surface area contributed by atoms with Gasteiger partial charge < -0.3 is 15.4 Å². The molecule has 2 amide bonds. The Hall–Kier alpha value is -1.59. The Balaban J connectivity index is 2.43. The minimum absolute atomic E-state index is 0.0377. The summed E-state index contributed by atoms with van der Waals surface area (Å²) in [7, 11) is 0. The normalized spacial score (nSPS) is 21.3. The number of rotatable bonds is 3. The van der Waals surface area contributed by atoms with Crippen LogP contribution in [0.25, 0.3) is 0 Å². The van der Waals surface area contributed by atoms with Gasteiger partial charge in [-0.05, 0) is 34.1 Å². The fourth-order valence-corrected chi connectivity index (χ4v) is 1.74. The van der Waals surface area contributed by atoms with Gasteiger partial charge in [0.15, 0.2) is 0 Å². The molecule has 1 unspecified atom stereocenters. The van der Waals surface area contributed by atoms with Crippen LogP contribution in [0.2, 0.25) is 0 Å². The van der Waals surface area contributed by atoms with Crippen molar-refractivity contribution in [1.82, 2.24) is 10.6 Å². The summed E-state index contributed by atoms with van der Waals surface area (Å²) in [5.74, 6) is -0.995. The van der Waals surface area contributed by atoms with Gasteiger partial charge in [0.1, 0.15) is 11.6 Å². The first-order chi connectivity index (χ1) is 8.69. The molecule has 0 aliphatic carbocycles. The van der Waals surface area contributed by atoms with E-state index in [1.54, 1.807) is 27.7 Å². The number of piperidine rings is 1. The van der Waals surface area contributed by atoms with Gasteiger partial charge >= 0.3 is 5.97 Å². The quantitative estimate of drug-likeness (QED) is 0.725. The number of amides is 2. The van der Waals surface area contributed by atoms with Crippen molar-refractivity contribution in [3.8, 4) is 0 Å². The summed E-state index contributed by atoms with van der Waals surface area (Å²) >= 11 is 0. The lowest BCUT2D eigenvalue weighted by molar-refractivity contribution is -0.158. The maximum Gasteiger partial charge on any atom is 0.328 e. The van der Waals surface area contributed by atoms with E-state index in [-0.39, 0.29) is 17.7 Å². The van der Waals surface area contributed by atoms with E-state index in [9.17, 15) is 14.4 Å². The maximum absolute atomic E-state index is 11.9. The summed E-state index contributed by atoms with van der Waals surface area (Å²) in [5.41, 5.74) is -0.575. The number of hydrogen-bond donors (Lipinski definition) is 2. The summed E-state index contributed by atoms with van der Waals surface area (Å²) in [6.45, 7) is 7.24. The molecule has 1 saturated heterocycles. The number of ether oxygens (including phenoxy) is 1. The predicted molar refractivity (Wildman–Crippen MR) is 69.2 cm³/mol. The number of nitrogens with one attached hydrogen (secondary N) is 2. The molecular weight excluding hydrogens is 248 g/mol. The van der Waals surface area contributed by atoms with Crippen molar-refractivity contribution in [2.24, 2.45) is 5.92 Å². The molecule has 108 valence electrons. The van der Waals surface area contributed by atoms with E-state index in [2.05, 4.69) is 10.6 Å². The van der Waals surface area contributed by atoms with Crippen molar-refractivity contribution < 1.29 is 19.1 Å². The Bertz CT molecular complexity index is 363. The molecule has 2 N–H and O–H groups in total. The SMILES string of the molecule is C[C@@H](NC(=O)C1CCC(=O)NC1)C(=O)OC(C)(C)C. The van der Waals surface area contributed by atoms with Crippen LogP contribution in [0.5, 0.6) is 0 Å². The van der Waals surface area contributed by atoms with E-state index in [1.807, 2.05) is 0 Å². The van der Waals surface area contributed by atoms with Crippen molar-refractivity contribution in [3.05, 3.63) is 0 Å². The summed E-state index contributed by atoms with van der Waals surface area (Å²) in [6.07, 6.45) is 0.859. The highest BCUT2D eigenvalue weighted by molar-refractivity contribution is 5.87. The van der Waals surface area contributed by atoms with Crippen molar-refractivity contribution in [3.63, 3.8) is 0 Å². The highest BCUT2D eigenvalue weighted by Crippen LogP contribution is 2.12. The molecule has 0 spiro atoms. The summed E-state index contributed by atoms with van der Waals surface area (Å²) < 4.78 is 5.18. The summed E-state index contributed by atoms with van der Waals surface area (Å²) in [5, 5.41) is 5.26. The van der Waals surface area contributed by atoms with Gasteiger partial charge in [-0.1, -0.05) is 0 Å². The molecule has 6 heteroatoms. The van der Waals surface area contributed by atoms with Gasteiger partial charge in [-0.15, -0.1) is 0 Å². The average Bonchev–Trinajstić information content (AvgIpc) is 2.27. The van der Waals surface area contributed by atoms with Crippen LogP contribution in [0.4, 0.5) is 0 Å². The molecule has 19 heavy (non-hydrogen) atoms. The predicted octanol–water partition coefficient (Wildman–Crippen LogP) is 0.359. The Morgan fingerprint density at radius 2 is 2.05 bits per heavy atom. The standard InChI is InChI=1S/C13H22N2O4/c1-8(12(18)19-13(2,3)4)15-11(17)9-5-6-10(16)14-7-9/h8-9H,5-7H2,1-4H3,(H,14,16)(H,15,17)/t8-,9?/m1/s1. The van der Waals surface area contributed by atoms with Crippen LogP contribution in [-0.4, -0.2) is 36.0 Å². The molecule has 1 fully saturated rings. The summed E-state index contributed by atoms with van der Waals surface area (Å²) in [6, 6.07) is -0.690. The Labute approximate surface area is 113 Å². The van der Waals surface area contributed by atoms with Gasteiger partial charge in [-0.3, -0.25) is 9.59 Å². The minimum atomic E-state index is -0.690. The first-order valence-corrected chi connectivity index (χ1v) is 6.49. The first-order valence-electron chi connectivity index (χ1n) is 6.49. The molecule has 1 aliphatic heterocycles. The topological polar surface area (TPSA) is 84.5 Å². The van der Waals surface area contributed by atoms with E-state index < -0.39 is 17.6 Å². The van der Waals surface area contributed by atoms with Crippen LogP contribution in [0, 0.1) is 5.92 Å². The third kappa shape index (κ3) is 5.28. The fraction of sp³-hybridized carbons (Fsp3) is 0.769. The zero-order valence-corrected chi connectivity index (χ0v) is 11.9. The molecule has 0 radical (unpaired) electrons. The highest BCUT2D eigenvalue weighted by Gasteiger charge is 2.28. The smallest absolute Gasteiger partial charge is 0.328 e. The Morgan fingerprint density at radius 1 is 1.42 bits per heavy atom. The van der Waals surface area contributed by atoms with Crippen LogP contribution in [0.1, 0.15) is 40.5 Å². The lowest BCUT2D eigenvalue weighted by Gasteiger charge is -2.25. The third-order valence-electron chi connectivity index (χ3n) is 2.76. The average molecular weight is 270 g/mol. The molecule has 0 bridgehead atoms. The molecule has 0 aromatic rings. The largest absolute Gasteiger partial charge is 0.458 e. The first kappa shape index (κ1) is 15.5. The second kappa shape index (κ2) is 6.04. The van der Waals surface area contributed by atoms with Crippen LogP contribution in [0.3, 0.4) is 0 Å². The lowest BCUT2D eigenvalue weighted by Crippen LogP contribution is -2.48. The van der Waals surface area contributed by atoms with Crippen molar-refractivity contribution in [2.75, 3.05) is 6.54 Å². The minimum Gasteiger partial charge on any atom is -0.458 e. The van der Waals surface area contributed by atoms with E-state index in [1.165, 1.54) is 0 Å². The highest BCUT2D eigenvalue weighted by atomic mass is 16.6. The summed E-state index contributed by atoms with van der Waals surface area (Å²) in [4.78, 5) is 34.6. The van der Waals surface area contributed by atoms with Gasteiger partial charge in [-0.25, -0.2) is 4.79 Å². The van der Waals surface area contributed by atoms with Gasteiger partial charge in [-0.2, -0.15) is 0 Å². The second-order valence-corrected chi connectivity index (χ2v) is 5.80. The monoisotopic (exact) mass is 270 g/mol. The molecule has 2 atom stereocenters. The van der Waals surface area contributed by atoms with Crippen molar-refractivity contribution in [1.29, 1.82) is 0 Å². The Kier molecular flexibility index (Phi) is 4.91. The maximum atomic E-state index is 11.9. The van der Waals surface area contributed by atoms with Crippen LogP contribution < -0.4 is 10.6 Å². The van der Waals surface area contributed by atoms with Gasteiger partial charge in [0, 0.05) is 13.0 Å². The van der Waals surface area contributed by atoms with Crippen LogP contribution in [0.15, 0.2) is 0 Å². The van der Waals surface area contributed by atoms with Crippen molar-refractivity contribution in [2.45, 2.75) is 52.2 Å². The van der Waals surface area contributed by atoms with E-state index >= 15 is 0 Å². The van der Waals surface area contributed by atoms with E-state index in [0.717, 1.165) is 0 Å². The van der Waals surface area contributed by atoms with Crippen LogP contribution >= 0.6 is 0 Å². The van der Waals surface area contributed by atoms with Crippen molar-refractivity contribution >= 4 is 17.8 Å². The molecule has 0 aromatic heterocycles. The van der Waals surface area contributed by atoms with Gasteiger partial charge in [0.25, 0.3) is 0 Å². The molecule has 0 aromatic carbocycles. The van der Waals surface area contributed by atoms with E-state index in [0.29, 0.717) is 19.4 Å². The second-order valence-electron chi connectivity index (χ2n) is 5.80. The van der Waals surface area contributed by atoms with E-state index in [4.69, 9.17) is 4.74 Å². The fourth-order valence-electron chi connectivity index (χ4n) is 1.74. The molecule has 1 rings (SSSR count). The molecule has 1 heterocycles. The zero-order chi connectivity index (χ0) is 14.6. The molecular formula is C13H22N2O4. The number of hydrogen-bond acceptors (Lipinski definition) is 4. The van der Waals surface area contributed by atoms with Crippen LogP contribution in [-0.2, 0) is 19.1 Å².